The minimum Gasteiger partial charge on any atom is -0.284 e. The molecule has 6 nitrogen and oxygen atoms in total. The lowest BCUT2D eigenvalue weighted by Crippen LogP contribution is -2.27. The fraction of sp³-hybridized carbons (Fsp3) is 0.429. The predicted molar refractivity (Wildman–Crippen MR) is 48.6 cm³/mol. The summed E-state index contributed by atoms with van der Waals surface area (Å²) in [6.45, 7) is 0.185. The van der Waals surface area contributed by atoms with Gasteiger partial charge in [0.05, 0.1) is 12.3 Å². The number of aromatic nitrogens is 2. The molecule has 0 spiro atoms. The number of H-pyrrole nitrogens is 1. The Bertz CT molecular complexity index is 417. The van der Waals surface area contributed by atoms with E-state index < -0.39 is 10.0 Å². The van der Waals surface area contributed by atoms with Crippen LogP contribution in [0.3, 0.4) is 0 Å². The molecule has 7 heteroatoms. The highest BCUT2D eigenvalue weighted by molar-refractivity contribution is 7.89. The van der Waals surface area contributed by atoms with Gasteiger partial charge in [-0.05, 0) is 0 Å². The van der Waals surface area contributed by atoms with E-state index in [0.717, 1.165) is 4.31 Å². The summed E-state index contributed by atoms with van der Waals surface area (Å²) in [5.74, 6) is 0. The van der Waals surface area contributed by atoms with E-state index in [1.807, 2.05) is 6.07 Å². The third kappa shape index (κ3) is 2.10. The SMILES string of the molecule is CN(CCC#N)S(=O)(=O)c1cn[nH]c1. The van der Waals surface area contributed by atoms with E-state index >= 15 is 0 Å². The second kappa shape index (κ2) is 4.21. The first-order valence-corrected chi connectivity index (χ1v) is 5.35. The summed E-state index contributed by atoms with van der Waals surface area (Å²) >= 11 is 0. The van der Waals surface area contributed by atoms with Crippen molar-refractivity contribution in [3.63, 3.8) is 0 Å². The van der Waals surface area contributed by atoms with Crippen molar-refractivity contribution in [2.24, 2.45) is 0 Å². The number of hydrogen-bond donors (Lipinski definition) is 1. The molecule has 14 heavy (non-hydrogen) atoms. The number of nitrogens with zero attached hydrogens (tertiary/aromatic N) is 3. The Balaban J connectivity index is 2.82. The molecule has 0 aliphatic rings. The van der Waals surface area contributed by atoms with Crippen LogP contribution < -0.4 is 0 Å². The first-order chi connectivity index (χ1) is 6.59. The van der Waals surface area contributed by atoms with E-state index in [9.17, 15) is 8.42 Å². The maximum Gasteiger partial charge on any atom is 0.245 e. The monoisotopic (exact) mass is 214 g/mol. The maximum atomic E-state index is 11.7. The van der Waals surface area contributed by atoms with Crippen LogP contribution in [0.15, 0.2) is 17.3 Å². The van der Waals surface area contributed by atoms with Crippen LogP contribution in [0.4, 0.5) is 0 Å². The highest BCUT2D eigenvalue weighted by atomic mass is 32.2. The zero-order chi connectivity index (χ0) is 10.6. The lowest BCUT2D eigenvalue weighted by Gasteiger charge is -2.13. The number of nitriles is 1. The van der Waals surface area contributed by atoms with E-state index in [0.29, 0.717) is 0 Å². The van der Waals surface area contributed by atoms with Crippen LogP contribution in [-0.2, 0) is 10.0 Å². The molecule has 1 N–H and O–H groups in total. The summed E-state index contributed by atoms with van der Waals surface area (Å²) in [5, 5.41) is 14.3. The van der Waals surface area contributed by atoms with E-state index in [1.54, 1.807) is 0 Å². The van der Waals surface area contributed by atoms with Crippen molar-refractivity contribution < 1.29 is 8.42 Å². The first kappa shape index (κ1) is 10.7. The molecule has 0 atom stereocenters. The minimum absolute atomic E-state index is 0.109. The van der Waals surface area contributed by atoms with E-state index in [4.69, 9.17) is 5.26 Å². The first-order valence-electron chi connectivity index (χ1n) is 3.91. The molecule has 0 aliphatic carbocycles. The number of rotatable bonds is 4. The standard InChI is InChI=1S/C7H10N4O2S/c1-11(4-2-3-8)14(12,13)7-5-9-10-6-7/h5-6H,2,4H2,1H3,(H,9,10). The van der Waals surface area contributed by atoms with Crippen molar-refractivity contribution in [1.82, 2.24) is 14.5 Å². The Labute approximate surface area is 82.2 Å². The van der Waals surface area contributed by atoms with Gasteiger partial charge in [0.1, 0.15) is 4.90 Å². The molecule has 1 heterocycles. The zero-order valence-corrected chi connectivity index (χ0v) is 8.45. The summed E-state index contributed by atoms with van der Waals surface area (Å²) < 4.78 is 24.4. The lowest BCUT2D eigenvalue weighted by molar-refractivity contribution is 0.476. The predicted octanol–water partition coefficient (Wildman–Crippen LogP) is -0.0561. The molecule has 1 aromatic heterocycles. The van der Waals surface area contributed by atoms with Crippen molar-refractivity contribution in [1.29, 1.82) is 5.26 Å². The third-order valence-corrected chi connectivity index (χ3v) is 3.54. The van der Waals surface area contributed by atoms with Gasteiger partial charge in [-0.25, -0.2) is 8.42 Å². The van der Waals surface area contributed by atoms with Crippen LogP contribution in [0.2, 0.25) is 0 Å². The fourth-order valence-corrected chi connectivity index (χ4v) is 1.97. The van der Waals surface area contributed by atoms with E-state index in [-0.39, 0.29) is 17.9 Å². The normalized spacial score (nSPS) is 11.5. The molecular formula is C7H10N4O2S. The largest absolute Gasteiger partial charge is 0.284 e. The molecule has 0 saturated carbocycles. The molecule has 0 fully saturated rings. The summed E-state index contributed by atoms with van der Waals surface area (Å²) in [6, 6.07) is 1.89. The Morgan fingerprint density at radius 2 is 2.43 bits per heavy atom. The molecule has 0 amide bonds. The van der Waals surface area contributed by atoms with Crippen molar-refractivity contribution >= 4 is 10.0 Å². The van der Waals surface area contributed by atoms with Crippen LogP contribution in [0.1, 0.15) is 6.42 Å². The Morgan fingerprint density at radius 3 is 2.93 bits per heavy atom. The molecule has 1 rings (SSSR count). The van der Waals surface area contributed by atoms with Gasteiger partial charge < -0.3 is 0 Å². The summed E-state index contributed by atoms with van der Waals surface area (Å²) in [4.78, 5) is 0.109. The van der Waals surface area contributed by atoms with Crippen molar-refractivity contribution in [2.75, 3.05) is 13.6 Å². The highest BCUT2D eigenvalue weighted by Gasteiger charge is 2.20. The van der Waals surface area contributed by atoms with Crippen molar-refractivity contribution in [3.8, 4) is 6.07 Å². The molecule has 1 aromatic rings. The highest BCUT2D eigenvalue weighted by Crippen LogP contribution is 2.11. The molecule has 0 unspecified atom stereocenters. The topological polar surface area (TPSA) is 89.8 Å². The third-order valence-electron chi connectivity index (χ3n) is 1.72. The van der Waals surface area contributed by atoms with E-state index in [1.165, 1.54) is 19.4 Å². The van der Waals surface area contributed by atoms with Gasteiger partial charge >= 0.3 is 0 Å². The van der Waals surface area contributed by atoms with Gasteiger partial charge in [-0.1, -0.05) is 0 Å². The molecule has 0 bridgehead atoms. The second-order valence-electron chi connectivity index (χ2n) is 2.67. The summed E-state index contributed by atoms with van der Waals surface area (Å²) in [5.41, 5.74) is 0. The Kier molecular flexibility index (Phi) is 3.22. The molecule has 0 aliphatic heterocycles. The Morgan fingerprint density at radius 1 is 1.71 bits per heavy atom. The van der Waals surface area contributed by atoms with Gasteiger partial charge in [0.25, 0.3) is 0 Å². The van der Waals surface area contributed by atoms with Gasteiger partial charge in [-0.2, -0.15) is 14.7 Å². The van der Waals surface area contributed by atoms with Crippen LogP contribution in [0.25, 0.3) is 0 Å². The van der Waals surface area contributed by atoms with E-state index in [2.05, 4.69) is 10.2 Å². The molecular weight excluding hydrogens is 204 g/mol. The van der Waals surface area contributed by atoms with Gasteiger partial charge in [0, 0.05) is 26.2 Å². The molecule has 0 radical (unpaired) electrons. The average Bonchev–Trinajstić information content (AvgIpc) is 2.67. The quantitative estimate of drug-likeness (QED) is 0.760. The van der Waals surface area contributed by atoms with Crippen LogP contribution >= 0.6 is 0 Å². The van der Waals surface area contributed by atoms with Gasteiger partial charge in [-0.3, -0.25) is 5.10 Å². The van der Waals surface area contributed by atoms with Crippen molar-refractivity contribution in [2.45, 2.75) is 11.3 Å². The lowest BCUT2D eigenvalue weighted by atomic mass is 10.5. The van der Waals surface area contributed by atoms with Gasteiger partial charge in [0.2, 0.25) is 10.0 Å². The number of nitrogens with one attached hydrogen (secondary N) is 1. The van der Waals surface area contributed by atoms with Crippen LogP contribution in [-0.4, -0.2) is 36.5 Å². The Hall–Kier alpha value is -1.39. The summed E-state index contributed by atoms with van der Waals surface area (Å²) in [6.07, 6.45) is 2.71. The van der Waals surface area contributed by atoms with Crippen LogP contribution in [0.5, 0.6) is 0 Å². The van der Waals surface area contributed by atoms with Gasteiger partial charge in [0.15, 0.2) is 0 Å². The molecule has 0 aromatic carbocycles. The number of sulfonamides is 1. The smallest absolute Gasteiger partial charge is 0.245 e. The average molecular weight is 214 g/mol. The zero-order valence-electron chi connectivity index (χ0n) is 7.64. The number of aromatic amines is 1. The molecule has 76 valence electrons. The van der Waals surface area contributed by atoms with Crippen LogP contribution in [0, 0.1) is 11.3 Å². The summed E-state index contributed by atoms with van der Waals surface area (Å²) in [7, 11) is -2.05. The maximum absolute atomic E-state index is 11.7. The number of hydrogen-bond acceptors (Lipinski definition) is 4. The molecule has 0 saturated heterocycles. The minimum atomic E-state index is -3.48. The van der Waals surface area contributed by atoms with Gasteiger partial charge in [-0.15, -0.1) is 0 Å². The van der Waals surface area contributed by atoms with Crippen molar-refractivity contribution in [3.05, 3.63) is 12.4 Å². The fourth-order valence-electron chi connectivity index (χ4n) is 0.888. The second-order valence-corrected chi connectivity index (χ2v) is 4.71.